The number of benzene rings is 2. The minimum atomic E-state index is -0.833. The van der Waals surface area contributed by atoms with Crippen LogP contribution < -0.4 is 0 Å². The van der Waals surface area contributed by atoms with Crippen LogP contribution in [0.15, 0.2) is 52.3 Å². The summed E-state index contributed by atoms with van der Waals surface area (Å²) in [5, 5.41) is 19.5. The average molecular weight is 300 g/mol. The van der Waals surface area contributed by atoms with Crippen LogP contribution in [0.25, 0.3) is 0 Å². The highest BCUT2D eigenvalue weighted by Crippen LogP contribution is 2.41. The standard InChI is InChI=1S/C17H16O3S/c1-10(17(19)20)11-6-7-15-12(8-11)9-14(18)13-4-2-3-5-16(13)21-15/h2-8,10,14,18H,9H2,1H3,(H,19,20). The molecule has 2 N–H and O–H groups in total. The number of aliphatic hydroxyl groups is 1. The summed E-state index contributed by atoms with van der Waals surface area (Å²) in [6.45, 7) is 1.68. The zero-order chi connectivity index (χ0) is 15.0. The number of hydrogen-bond donors (Lipinski definition) is 2. The van der Waals surface area contributed by atoms with Crippen molar-refractivity contribution in [1.82, 2.24) is 0 Å². The van der Waals surface area contributed by atoms with Gasteiger partial charge in [-0.25, -0.2) is 0 Å². The molecule has 0 saturated heterocycles. The third kappa shape index (κ3) is 2.69. The minimum absolute atomic E-state index is 0.513. The van der Waals surface area contributed by atoms with Crippen molar-refractivity contribution in [3.63, 3.8) is 0 Å². The second-order valence-electron chi connectivity index (χ2n) is 5.29. The fourth-order valence-electron chi connectivity index (χ4n) is 2.56. The molecule has 1 aliphatic rings. The summed E-state index contributed by atoms with van der Waals surface area (Å²) >= 11 is 1.63. The summed E-state index contributed by atoms with van der Waals surface area (Å²) in [5.41, 5.74) is 2.72. The molecule has 2 aromatic carbocycles. The van der Waals surface area contributed by atoms with E-state index >= 15 is 0 Å². The van der Waals surface area contributed by atoms with Crippen LogP contribution in [0.3, 0.4) is 0 Å². The van der Waals surface area contributed by atoms with Crippen molar-refractivity contribution in [1.29, 1.82) is 0 Å². The number of fused-ring (bicyclic) bond motifs is 2. The Morgan fingerprint density at radius 1 is 1.24 bits per heavy atom. The van der Waals surface area contributed by atoms with E-state index in [0.717, 1.165) is 26.5 Å². The molecule has 2 unspecified atom stereocenters. The lowest BCUT2D eigenvalue weighted by molar-refractivity contribution is -0.138. The van der Waals surface area contributed by atoms with Crippen LogP contribution in [-0.4, -0.2) is 16.2 Å². The summed E-state index contributed by atoms with van der Waals surface area (Å²) in [5.74, 6) is -1.37. The van der Waals surface area contributed by atoms with Crippen LogP contribution in [-0.2, 0) is 11.2 Å². The van der Waals surface area contributed by atoms with Gasteiger partial charge in [0.05, 0.1) is 12.0 Å². The molecule has 1 heterocycles. The normalized spacial score (nSPS) is 18.3. The lowest BCUT2D eigenvalue weighted by Crippen LogP contribution is -2.08. The maximum absolute atomic E-state index is 11.1. The molecule has 108 valence electrons. The molecule has 0 saturated carbocycles. The molecule has 2 atom stereocenters. The molecule has 0 amide bonds. The van der Waals surface area contributed by atoms with Gasteiger partial charge in [0.15, 0.2) is 0 Å². The molecule has 0 radical (unpaired) electrons. The zero-order valence-electron chi connectivity index (χ0n) is 11.6. The fourth-order valence-corrected chi connectivity index (χ4v) is 3.67. The van der Waals surface area contributed by atoms with E-state index in [4.69, 9.17) is 5.11 Å². The van der Waals surface area contributed by atoms with Crippen LogP contribution in [0.5, 0.6) is 0 Å². The SMILES string of the molecule is CC(C(=O)O)c1ccc2c(c1)CC(O)c1ccccc1S2. The number of carbonyl (C=O) groups is 1. The number of aliphatic hydroxyl groups excluding tert-OH is 1. The van der Waals surface area contributed by atoms with Crippen LogP contribution in [0.4, 0.5) is 0 Å². The van der Waals surface area contributed by atoms with Gasteiger partial charge < -0.3 is 10.2 Å². The van der Waals surface area contributed by atoms with Crippen molar-refractivity contribution >= 4 is 17.7 Å². The molecule has 0 bridgehead atoms. The average Bonchev–Trinajstić information content (AvgIpc) is 2.61. The van der Waals surface area contributed by atoms with E-state index in [9.17, 15) is 9.90 Å². The highest BCUT2D eigenvalue weighted by molar-refractivity contribution is 7.99. The number of rotatable bonds is 2. The van der Waals surface area contributed by atoms with Gasteiger partial charge in [-0.15, -0.1) is 0 Å². The molecule has 1 aliphatic heterocycles. The van der Waals surface area contributed by atoms with Gasteiger partial charge in [0.25, 0.3) is 0 Å². The van der Waals surface area contributed by atoms with Crippen molar-refractivity contribution in [3.8, 4) is 0 Å². The second-order valence-corrected chi connectivity index (χ2v) is 6.37. The molecule has 4 heteroatoms. The highest BCUT2D eigenvalue weighted by Gasteiger charge is 2.22. The van der Waals surface area contributed by atoms with Gasteiger partial charge in [-0.3, -0.25) is 4.79 Å². The van der Waals surface area contributed by atoms with E-state index in [1.807, 2.05) is 42.5 Å². The number of carboxylic acids is 1. The van der Waals surface area contributed by atoms with Gasteiger partial charge in [0.2, 0.25) is 0 Å². The first kappa shape index (κ1) is 14.2. The molecule has 0 aromatic heterocycles. The van der Waals surface area contributed by atoms with Crippen molar-refractivity contribution in [2.24, 2.45) is 0 Å². The summed E-state index contributed by atoms with van der Waals surface area (Å²) in [6, 6.07) is 13.6. The topological polar surface area (TPSA) is 57.5 Å². The molecule has 21 heavy (non-hydrogen) atoms. The zero-order valence-corrected chi connectivity index (χ0v) is 12.4. The summed E-state index contributed by atoms with van der Waals surface area (Å²) in [4.78, 5) is 13.3. The molecule has 0 spiro atoms. The maximum Gasteiger partial charge on any atom is 0.310 e. The van der Waals surface area contributed by atoms with E-state index in [0.29, 0.717) is 6.42 Å². The van der Waals surface area contributed by atoms with Gasteiger partial charge in [-0.2, -0.15) is 0 Å². The van der Waals surface area contributed by atoms with E-state index in [1.165, 1.54) is 0 Å². The Kier molecular flexibility index (Phi) is 3.74. The Morgan fingerprint density at radius 2 is 2.00 bits per heavy atom. The van der Waals surface area contributed by atoms with Crippen molar-refractivity contribution in [3.05, 3.63) is 59.2 Å². The van der Waals surface area contributed by atoms with Gasteiger partial charge in [0.1, 0.15) is 0 Å². The molecule has 3 nitrogen and oxygen atoms in total. The molecular formula is C17H16O3S. The third-order valence-corrected chi connectivity index (χ3v) is 5.08. The third-order valence-electron chi connectivity index (χ3n) is 3.87. The first-order chi connectivity index (χ1) is 10.1. The van der Waals surface area contributed by atoms with Crippen molar-refractivity contribution in [2.45, 2.75) is 35.2 Å². The molecular weight excluding hydrogens is 284 g/mol. The predicted molar refractivity (Wildman–Crippen MR) is 81.7 cm³/mol. The minimum Gasteiger partial charge on any atom is -0.481 e. The first-order valence-corrected chi connectivity index (χ1v) is 7.68. The smallest absolute Gasteiger partial charge is 0.310 e. The Morgan fingerprint density at radius 3 is 2.76 bits per heavy atom. The summed E-state index contributed by atoms with van der Waals surface area (Å²) < 4.78 is 0. The summed E-state index contributed by atoms with van der Waals surface area (Å²) in [6.07, 6.45) is -0.0372. The van der Waals surface area contributed by atoms with Gasteiger partial charge in [-0.05, 0) is 35.7 Å². The molecule has 0 aliphatic carbocycles. The number of carboxylic acid groups (broad SMARTS) is 1. The Labute approximate surface area is 127 Å². The van der Waals surface area contributed by atoms with Crippen molar-refractivity contribution in [2.75, 3.05) is 0 Å². The first-order valence-electron chi connectivity index (χ1n) is 6.86. The highest BCUT2D eigenvalue weighted by atomic mass is 32.2. The van der Waals surface area contributed by atoms with E-state index < -0.39 is 18.0 Å². The molecule has 2 aromatic rings. The van der Waals surface area contributed by atoms with E-state index in [-0.39, 0.29) is 0 Å². The van der Waals surface area contributed by atoms with Crippen molar-refractivity contribution < 1.29 is 15.0 Å². The number of hydrogen-bond acceptors (Lipinski definition) is 3. The van der Waals surface area contributed by atoms with Crippen LogP contribution in [0, 0.1) is 0 Å². The van der Waals surface area contributed by atoms with Crippen LogP contribution in [0.2, 0.25) is 0 Å². The van der Waals surface area contributed by atoms with E-state index in [1.54, 1.807) is 18.7 Å². The Bertz CT molecular complexity index is 696. The fraction of sp³-hybridized carbons (Fsp3) is 0.235. The van der Waals surface area contributed by atoms with Gasteiger partial charge >= 0.3 is 5.97 Å². The lowest BCUT2D eigenvalue weighted by Gasteiger charge is -2.12. The summed E-state index contributed by atoms with van der Waals surface area (Å²) in [7, 11) is 0. The lowest BCUT2D eigenvalue weighted by atomic mass is 9.95. The van der Waals surface area contributed by atoms with Crippen LogP contribution >= 0.6 is 11.8 Å². The monoisotopic (exact) mass is 300 g/mol. The predicted octanol–water partition coefficient (Wildman–Crippen LogP) is 3.62. The maximum atomic E-state index is 11.1. The Balaban J connectivity index is 2.02. The number of aliphatic carboxylic acids is 1. The molecule has 3 rings (SSSR count). The van der Waals surface area contributed by atoms with Gasteiger partial charge in [-0.1, -0.05) is 42.1 Å². The van der Waals surface area contributed by atoms with Crippen LogP contribution in [0.1, 0.15) is 35.6 Å². The quantitative estimate of drug-likeness (QED) is 0.889. The molecule has 0 fully saturated rings. The largest absolute Gasteiger partial charge is 0.481 e. The second kappa shape index (κ2) is 5.54. The Hall–Kier alpha value is -1.78. The van der Waals surface area contributed by atoms with E-state index in [2.05, 4.69) is 0 Å². The van der Waals surface area contributed by atoms with Gasteiger partial charge in [0, 0.05) is 16.2 Å².